The maximum atomic E-state index is 8.79. The molecule has 0 aliphatic rings. The second-order valence-corrected chi connectivity index (χ2v) is 11.1. The molecule has 1 rings (SSSR count). The van der Waals surface area contributed by atoms with E-state index < -0.39 is 21.2 Å². The molecule has 0 saturated heterocycles. The van der Waals surface area contributed by atoms with Crippen LogP contribution in [0.3, 0.4) is 0 Å². The Hall–Kier alpha value is -0.680. The Kier molecular flexibility index (Phi) is 5.67. The van der Waals surface area contributed by atoms with Crippen molar-refractivity contribution in [3.63, 3.8) is 0 Å². The minimum atomic E-state index is -0.891. The Morgan fingerprint density at radius 2 is 1.23 bits per heavy atom. The molecular formula is C18H29N3Te. The first-order valence-electron chi connectivity index (χ1n) is 7.69. The average molecular weight is 415 g/mol. The van der Waals surface area contributed by atoms with Gasteiger partial charge in [-0.2, -0.15) is 0 Å². The van der Waals surface area contributed by atoms with E-state index >= 15 is 0 Å². The fourth-order valence-electron chi connectivity index (χ4n) is 2.33. The Bertz CT molecular complexity index is 557. The van der Waals surface area contributed by atoms with Gasteiger partial charge in [0.1, 0.15) is 0 Å². The van der Waals surface area contributed by atoms with Gasteiger partial charge in [-0.3, -0.25) is 0 Å². The van der Waals surface area contributed by atoms with Crippen molar-refractivity contribution >= 4 is 24.8 Å². The van der Waals surface area contributed by atoms with Crippen molar-refractivity contribution in [2.75, 3.05) is 0 Å². The average Bonchev–Trinajstić information content (AvgIpc) is 2.31. The van der Waals surface area contributed by atoms with Crippen LogP contribution in [0.1, 0.15) is 79.0 Å². The fourth-order valence-corrected chi connectivity index (χ4v) is 5.32. The Morgan fingerprint density at radius 3 is 1.50 bits per heavy atom. The Balaban J connectivity index is 3.81. The second-order valence-electron chi connectivity index (χ2n) is 8.91. The first-order chi connectivity index (χ1) is 9.78. The number of hydrogen-bond donors (Lipinski definition) is 0. The van der Waals surface area contributed by atoms with E-state index in [-0.39, 0.29) is 16.2 Å². The summed E-state index contributed by atoms with van der Waals surface area (Å²) in [6, 6.07) is 4.67. The summed E-state index contributed by atoms with van der Waals surface area (Å²) in [4.78, 5) is 3.03. The summed E-state index contributed by atoms with van der Waals surface area (Å²) in [5, 5.41) is 0. The van der Waals surface area contributed by atoms with E-state index in [0.29, 0.717) is 0 Å². The quantitative estimate of drug-likeness (QED) is 0.278. The predicted molar refractivity (Wildman–Crippen MR) is 97.1 cm³/mol. The molecule has 1 aromatic carbocycles. The third-order valence-electron chi connectivity index (χ3n) is 3.74. The normalized spacial score (nSPS) is 13.0. The molecule has 4 heteroatoms. The molecule has 0 fully saturated rings. The maximum absolute atomic E-state index is 8.79. The van der Waals surface area contributed by atoms with E-state index in [2.05, 4.69) is 82.7 Å². The second kappa shape index (κ2) is 6.44. The van der Waals surface area contributed by atoms with Gasteiger partial charge in [-0.05, 0) is 0 Å². The SMILES string of the molecule is CC(C)(C)c1cc(C(C)(C)C)c([Te]N=[N+]=[N-])c(C(C)(C)C)c1. The Labute approximate surface area is 145 Å². The molecule has 0 heterocycles. The molecule has 22 heavy (non-hydrogen) atoms. The van der Waals surface area contributed by atoms with Gasteiger partial charge in [0, 0.05) is 0 Å². The molecule has 0 bridgehead atoms. The van der Waals surface area contributed by atoms with Crippen molar-refractivity contribution in [2.24, 2.45) is 3.36 Å². The van der Waals surface area contributed by atoms with Gasteiger partial charge in [-0.1, -0.05) is 0 Å². The molecular weight excluding hydrogens is 386 g/mol. The molecule has 0 atom stereocenters. The van der Waals surface area contributed by atoms with Crippen LogP contribution in [0.25, 0.3) is 10.4 Å². The van der Waals surface area contributed by atoms with Gasteiger partial charge in [0.2, 0.25) is 0 Å². The van der Waals surface area contributed by atoms with E-state index in [1.807, 2.05) is 0 Å². The molecule has 122 valence electrons. The number of benzene rings is 1. The van der Waals surface area contributed by atoms with Crippen molar-refractivity contribution in [3.05, 3.63) is 39.3 Å². The molecule has 0 aliphatic heterocycles. The Morgan fingerprint density at radius 1 is 0.818 bits per heavy atom. The predicted octanol–water partition coefficient (Wildman–Crippen LogP) is 5.13. The first-order valence-corrected chi connectivity index (χ1v) is 9.90. The molecule has 0 saturated carbocycles. The van der Waals surface area contributed by atoms with E-state index in [4.69, 9.17) is 5.53 Å². The number of hydrogen-bond acceptors (Lipinski definition) is 1. The van der Waals surface area contributed by atoms with E-state index in [1.165, 1.54) is 20.3 Å². The van der Waals surface area contributed by atoms with Crippen LogP contribution in [0.5, 0.6) is 0 Å². The zero-order valence-electron chi connectivity index (χ0n) is 15.4. The monoisotopic (exact) mass is 417 g/mol. The molecule has 3 nitrogen and oxygen atoms in total. The van der Waals surface area contributed by atoms with E-state index in [0.717, 1.165) is 0 Å². The molecule has 0 aliphatic carbocycles. The molecule has 0 unspecified atom stereocenters. The van der Waals surface area contributed by atoms with Crippen molar-refractivity contribution in [1.29, 1.82) is 0 Å². The van der Waals surface area contributed by atoms with E-state index in [1.54, 1.807) is 0 Å². The van der Waals surface area contributed by atoms with Gasteiger partial charge in [-0.15, -0.1) is 0 Å². The van der Waals surface area contributed by atoms with Crippen LogP contribution in [0, 0.1) is 0 Å². The van der Waals surface area contributed by atoms with Crippen molar-refractivity contribution < 1.29 is 0 Å². The van der Waals surface area contributed by atoms with Crippen LogP contribution < -0.4 is 3.61 Å². The minimum absolute atomic E-state index is 0.0479. The molecule has 1 aromatic rings. The topological polar surface area (TPSA) is 48.8 Å². The molecule has 0 spiro atoms. The van der Waals surface area contributed by atoms with Gasteiger partial charge < -0.3 is 0 Å². The zero-order chi connectivity index (χ0) is 17.3. The summed E-state index contributed by atoms with van der Waals surface area (Å²) in [5.74, 6) is 0. The van der Waals surface area contributed by atoms with Crippen molar-refractivity contribution in [3.8, 4) is 0 Å². The van der Waals surface area contributed by atoms with Gasteiger partial charge >= 0.3 is 146 Å². The van der Waals surface area contributed by atoms with Crippen LogP contribution in [-0.4, -0.2) is 21.2 Å². The van der Waals surface area contributed by atoms with Crippen molar-refractivity contribution in [1.82, 2.24) is 0 Å². The van der Waals surface area contributed by atoms with Crippen LogP contribution in [0.2, 0.25) is 0 Å². The van der Waals surface area contributed by atoms with Crippen LogP contribution >= 0.6 is 0 Å². The molecule has 0 aromatic heterocycles. The molecule has 0 N–H and O–H groups in total. The molecule has 0 amide bonds. The van der Waals surface area contributed by atoms with Crippen molar-refractivity contribution in [2.45, 2.75) is 78.6 Å². The first kappa shape index (κ1) is 19.4. The molecule has 0 radical (unpaired) electrons. The summed E-state index contributed by atoms with van der Waals surface area (Å²) < 4.78 is 5.31. The fraction of sp³-hybridized carbons (Fsp3) is 0.667. The van der Waals surface area contributed by atoms with Gasteiger partial charge in [0.05, 0.1) is 0 Å². The van der Waals surface area contributed by atoms with Gasteiger partial charge in [-0.25, -0.2) is 0 Å². The third-order valence-corrected chi connectivity index (χ3v) is 5.96. The van der Waals surface area contributed by atoms with E-state index in [9.17, 15) is 0 Å². The van der Waals surface area contributed by atoms with Gasteiger partial charge in [0.15, 0.2) is 0 Å². The third kappa shape index (κ3) is 4.66. The van der Waals surface area contributed by atoms with Crippen LogP contribution in [0.4, 0.5) is 0 Å². The van der Waals surface area contributed by atoms with Gasteiger partial charge in [0.25, 0.3) is 0 Å². The van der Waals surface area contributed by atoms with Crippen LogP contribution in [0.15, 0.2) is 15.5 Å². The number of rotatable bonds is 2. The summed E-state index contributed by atoms with van der Waals surface area (Å²) in [6.45, 7) is 20.2. The number of nitrogens with zero attached hydrogens (tertiary/aromatic N) is 3. The summed E-state index contributed by atoms with van der Waals surface area (Å²) in [7, 11) is 0. The summed E-state index contributed by atoms with van der Waals surface area (Å²) in [5.41, 5.74) is 13.0. The van der Waals surface area contributed by atoms with Crippen LogP contribution in [-0.2, 0) is 16.2 Å². The summed E-state index contributed by atoms with van der Waals surface area (Å²) in [6.07, 6.45) is 0. The summed E-state index contributed by atoms with van der Waals surface area (Å²) >= 11 is -0.891. The standard InChI is InChI=1S/C18H29N3Te/c1-16(2,3)12-10-13(17(4,5)6)15(22-21-20-19)14(11-12)18(7,8)9/h10-11H,1-9H3. The zero-order valence-corrected chi connectivity index (χ0v) is 17.7. The number of azide groups is 1.